The summed E-state index contributed by atoms with van der Waals surface area (Å²) in [4.78, 5) is 34.1. The maximum Gasteiger partial charge on any atom is 0.409 e. The summed E-state index contributed by atoms with van der Waals surface area (Å²) in [5, 5.41) is 0.747. The van der Waals surface area contributed by atoms with Crippen molar-refractivity contribution in [2.75, 3.05) is 32.8 Å². The Morgan fingerprint density at radius 3 is 2.48 bits per heavy atom. The molecule has 2 amide bonds. The average molecular weight is 694 g/mol. The number of benzene rings is 1. The first-order valence-electron chi connectivity index (χ1n) is 14.4. The van der Waals surface area contributed by atoms with Crippen LogP contribution in [-0.2, 0) is 22.4 Å². The highest BCUT2D eigenvalue weighted by Gasteiger charge is 2.36. The summed E-state index contributed by atoms with van der Waals surface area (Å²) in [6.45, 7) is 5.22. The number of hydrogen-bond donors (Lipinski definition) is 0. The number of nitrogens with zero attached hydrogens (tertiary/aromatic N) is 3. The fraction of sp³-hybridized carbons (Fsp3) is 0.516. The molecule has 2 fully saturated rings. The lowest BCUT2D eigenvalue weighted by Crippen LogP contribution is -2.40. The third-order valence-corrected chi connectivity index (χ3v) is 9.76. The van der Waals surface area contributed by atoms with Crippen LogP contribution in [0.5, 0.6) is 0 Å². The van der Waals surface area contributed by atoms with Gasteiger partial charge in [-0.3, -0.25) is 9.78 Å². The van der Waals surface area contributed by atoms with E-state index < -0.39 is 0 Å². The number of unbranched alkanes of at least 4 members (excludes halogenated alkanes) is 1. The van der Waals surface area contributed by atoms with E-state index in [2.05, 4.69) is 50.9 Å². The summed E-state index contributed by atoms with van der Waals surface area (Å²) in [5.41, 5.74) is 6.12. The number of amides is 2. The van der Waals surface area contributed by atoms with E-state index in [1.807, 2.05) is 23.2 Å². The molecule has 1 aromatic heterocycles. The first-order chi connectivity index (χ1) is 19.3. The van der Waals surface area contributed by atoms with E-state index >= 15 is 0 Å². The number of aromatic nitrogens is 1. The van der Waals surface area contributed by atoms with Crippen molar-refractivity contribution in [3.05, 3.63) is 72.4 Å². The van der Waals surface area contributed by atoms with Crippen molar-refractivity contribution in [3.63, 3.8) is 0 Å². The van der Waals surface area contributed by atoms with Crippen molar-refractivity contribution in [2.45, 2.75) is 64.2 Å². The third-order valence-electron chi connectivity index (χ3n) is 8.45. The zero-order valence-electron chi connectivity index (χ0n) is 22.9. The highest BCUT2D eigenvalue weighted by atomic mass is 79.9. The second-order valence-corrected chi connectivity index (χ2v) is 13.3. The Bertz CT molecular complexity index is 1280. The van der Waals surface area contributed by atoms with Gasteiger partial charge in [0.15, 0.2) is 0 Å². The number of halogens is 3. The summed E-state index contributed by atoms with van der Waals surface area (Å²) in [6, 6.07) is 6.31. The predicted octanol–water partition coefficient (Wildman–Crippen LogP) is 7.69. The van der Waals surface area contributed by atoms with Gasteiger partial charge in [0, 0.05) is 58.3 Å². The second-order valence-electron chi connectivity index (χ2n) is 11.1. The number of rotatable bonds is 5. The van der Waals surface area contributed by atoms with E-state index in [4.69, 9.17) is 21.3 Å². The molecule has 9 heteroatoms. The van der Waals surface area contributed by atoms with Crippen molar-refractivity contribution in [2.24, 2.45) is 5.92 Å². The molecule has 3 aliphatic rings. The van der Waals surface area contributed by atoms with Crippen LogP contribution < -0.4 is 0 Å². The topological polar surface area (TPSA) is 62.7 Å². The molecule has 0 saturated carbocycles. The van der Waals surface area contributed by atoms with Gasteiger partial charge in [0.25, 0.3) is 0 Å². The van der Waals surface area contributed by atoms with Gasteiger partial charge >= 0.3 is 6.09 Å². The molecule has 6 nitrogen and oxygen atoms in total. The van der Waals surface area contributed by atoms with Crippen LogP contribution in [0, 0.1) is 5.92 Å². The predicted molar refractivity (Wildman–Crippen MR) is 165 cm³/mol. The standard InChI is InChI=1S/C31H36Br2ClN3O3/c1-2-3-14-40-31(39)37-10-6-20(7-11-37)15-27(38)36-12-8-21(9-13-36)29-28-22(17-25(34)18-26(28)33)4-5-23-16-24(32)19-35-30(23)29/h15-19,21,29H,2-14H2,1H3/t29-/m1/s1. The minimum atomic E-state index is -0.238. The van der Waals surface area contributed by atoms with Gasteiger partial charge in [-0.05, 0) is 102 Å². The number of piperidine rings is 2. The van der Waals surface area contributed by atoms with Crippen molar-refractivity contribution < 1.29 is 14.3 Å². The molecule has 1 aliphatic carbocycles. The smallest absolute Gasteiger partial charge is 0.409 e. The van der Waals surface area contributed by atoms with Gasteiger partial charge in [0.2, 0.25) is 5.91 Å². The lowest BCUT2D eigenvalue weighted by molar-refractivity contribution is -0.127. The quantitative estimate of drug-likeness (QED) is 0.238. The first-order valence-corrected chi connectivity index (χ1v) is 16.3. The highest BCUT2D eigenvalue weighted by molar-refractivity contribution is 9.10. The van der Waals surface area contributed by atoms with Gasteiger partial charge in [-0.2, -0.15) is 0 Å². The molecule has 214 valence electrons. The van der Waals surface area contributed by atoms with E-state index in [1.54, 1.807) is 4.90 Å². The lowest BCUT2D eigenvalue weighted by Gasteiger charge is -2.37. The maximum absolute atomic E-state index is 13.2. The lowest BCUT2D eigenvalue weighted by atomic mass is 9.76. The van der Waals surface area contributed by atoms with Crippen molar-refractivity contribution in [3.8, 4) is 0 Å². The fourth-order valence-electron chi connectivity index (χ4n) is 6.27. The highest BCUT2D eigenvalue weighted by Crippen LogP contribution is 2.46. The van der Waals surface area contributed by atoms with E-state index in [9.17, 15) is 9.59 Å². The van der Waals surface area contributed by atoms with Gasteiger partial charge in [-0.1, -0.05) is 46.4 Å². The summed E-state index contributed by atoms with van der Waals surface area (Å²) in [5.74, 6) is 0.619. The number of carbonyl (C=O) groups is 2. The molecule has 2 aromatic rings. The second kappa shape index (κ2) is 13.4. The van der Waals surface area contributed by atoms with Gasteiger partial charge in [-0.15, -0.1) is 0 Å². The Morgan fingerprint density at radius 2 is 1.75 bits per heavy atom. The number of hydrogen-bond acceptors (Lipinski definition) is 4. The molecule has 5 rings (SSSR count). The largest absolute Gasteiger partial charge is 0.449 e. The summed E-state index contributed by atoms with van der Waals surface area (Å²) < 4.78 is 7.38. The van der Waals surface area contributed by atoms with Crippen LogP contribution in [0.15, 0.2) is 45.0 Å². The summed E-state index contributed by atoms with van der Waals surface area (Å²) in [7, 11) is 0. The number of carbonyl (C=O) groups excluding carboxylic acids is 2. The van der Waals surface area contributed by atoms with Crippen LogP contribution in [0.4, 0.5) is 4.79 Å². The number of likely N-dealkylation sites (tertiary alicyclic amines) is 2. The molecule has 1 atom stereocenters. The summed E-state index contributed by atoms with van der Waals surface area (Å²) >= 11 is 13.9. The molecule has 0 unspecified atom stereocenters. The Hall–Kier alpha value is -1.90. The zero-order chi connectivity index (χ0) is 28.2. The molecule has 2 aliphatic heterocycles. The molecule has 0 bridgehead atoms. The normalized spacial score (nSPS) is 19.5. The maximum atomic E-state index is 13.2. The van der Waals surface area contributed by atoms with Gasteiger partial charge in [0.05, 0.1) is 12.3 Å². The molecular weight excluding hydrogens is 658 g/mol. The Balaban J connectivity index is 1.25. The van der Waals surface area contributed by atoms with E-state index in [-0.39, 0.29) is 17.9 Å². The minimum Gasteiger partial charge on any atom is -0.449 e. The first kappa shape index (κ1) is 29.6. The Labute approximate surface area is 258 Å². The molecule has 40 heavy (non-hydrogen) atoms. The molecular formula is C31H36Br2ClN3O3. The van der Waals surface area contributed by atoms with Crippen LogP contribution in [-0.4, -0.2) is 59.6 Å². The van der Waals surface area contributed by atoms with Crippen molar-refractivity contribution in [1.82, 2.24) is 14.8 Å². The van der Waals surface area contributed by atoms with E-state index in [0.717, 1.165) is 89.7 Å². The SMILES string of the molecule is CCCCOC(=O)N1CCC(=CC(=O)N2CCC([C@H]3c4ncc(Br)cc4CCc4cc(Cl)cc(Br)c43)CC2)CC1. The average Bonchev–Trinajstić information content (AvgIpc) is 3.10. The van der Waals surface area contributed by atoms with Crippen LogP contribution in [0.1, 0.15) is 73.8 Å². The van der Waals surface area contributed by atoms with Crippen LogP contribution in [0.25, 0.3) is 0 Å². The van der Waals surface area contributed by atoms with E-state index in [0.29, 0.717) is 25.6 Å². The Kier molecular flexibility index (Phi) is 9.90. The van der Waals surface area contributed by atoms with Crippen LogP contribution in [0.2, 0.25) is 5.02 Å². The van der Waals surface area contributed by atoms with Gasteiger partial charge in [-0.25, -0.2) is 4.79 Å². The van der Waals surface area contributed by atoms with E-state index in [1.165, 1.54) is 16.7 Å². The van der Waals surface area contributed by atoms with Crippen LogP contribution in [0.3, 0.4) is 0 Å². The van der Waals surface area contributed by atoms with Crippen molar-refractivity contribution >= 4 is 55.5 Å². The molecule has 3 heterocycles. The number of fused-ring (bicyclic) bond motifs is 2. The zero-order valence-corrected chi connectivity index (χ0v) is 26.9. The molecule has 1 aromatic carbocycles. The molecule has 0 radical (unpaired) electrons. The molecule has 2 saturated heterocycles. The van der Waals surface area contributed by atoms with Crippen LogP contribution >= 0.6 is 43.5 Å². The number of ether oxygens (including phenoxy) is 1. The summed E-state index contributed by atoms with van der Waals surface area (Å²) in [6.07, 6.45) is 10.5. The number of pyridine rings is 1. The molecule has 0 N–H and O–H groups in total. The fourth-order valence-corrected chi connectivity index (χ4v) is 7.76. The monoisotopic (exact) mass is 691 g/mol. The van der Waals surface area contributed by atoms with Gasteiger partial charge < -0.3 is 14.5 Å². The van der Waals surface area contributed by atoms with Crippen molar-refractivity contribution in [1.29, 1.82) is 0 Å². The van der Waals surface area contributed by atoms with Gasteiger partial charge in [0.1, 0.15) is 0 Å². The molecule has 0 spiro atoms. The third kappa shape index (κ3) is 6.76. The Morgan fingerprint density at radius 1 is 1.02 bits per heavy atom. The minimum absolute atomic E-state index is 0.0871. The number of aryl methyl sites for hydroxylation is 2.